The highest BCUT2D eigenvalue weighted by atomic mass is 32.1. The van der Waals surface area contributed by atoms with Gasteiger partial charge in [-0.3, -0.25) is 4.40 Å². The number of nitrogens with one attached hydrogen (secondary N) is 1. The number of aliphatic hydroxyl groups excluding tert-OH is 1. The van der Waals surface area contributed by atoms with E-state index in [1.165, 1.54) is 18.4 Å². The number of hydrogen-bond donors (Lipinski definition) is 2. The molecule has 5 nitrogen and oxygen atoms in total. The number of aromatic nitrogens is 2. The fourth-order valence-corrected chi connectivity index (χ4v) is 2.29. The van der Waals surface area contributed by atoms with Crippen LogP contribution in [0.4, 0.5) is 8.78 Å². The Bertz CT molecular complexity index is 514. The fraction of sp³-hybridized carbons (Fsp3) is 0.500. The van der Waals surface area contributed by atoms with E-state index in [9.17, 15) is 8.78 Å². The van der Waals surface area contributed by atoms with Crippen molar-refractivity contribution in [2.24, 2.45) is 0 Å². The van der Waals surface area contributed by atoms with Gasteiger partial charge in [-0.25, -0.2) is 8.78 Å². The molecule has 0 radical (unpaired) electrons. The zero-order valence-electron chi connectivity index (χ0n) is 9.64. The van der Waals surface area contributed by atoms with Crippen LogP contribution in [0.25, 0.3) is 4.96 Å². The van der Waals surface area contributed by atoms with Gasteiger partial charge < -0.3 is 15.2 Å². The van der Waals surface area contributed by atoms with Crippen molar-refractivity contribution in [2.75, 3.05) is 13.7 Å². The van der Waals surface area contributed by atoms with Gasteiger partial charge in [0, 0.05) is 24.7 Å². The number of methoxy groups -OCH3 is 1. The zero-order valence-corrected chi connectivity index (χ0v) is 10.5. The molecule has 0 aromatic carbocycles. The van der Waals surface area contributed by atoms with E-state index in [2.05, 4.69) is 10.3 Å². The molecule has 18 heavy (non-hydrogen) atoms. The van der Waals surface area contributed by atoms with E-state index in [1.54, 1.807) is 0 Å². The summed E-state index contributed by atoms with van der Waals surface area (Å²) in [4.78, 5) is 5.01. The van der Waals surface area contributed by atoms with Crippen LogP contribution in [-0.4, -0.2) is 40.7 Å². The number of ether oxygens (including phenoxy) is 1. The van der Waals surface area contributed by atoms with Gasteiger partial charge in [-0.1, -0.05) is 0 Å². The molecule has 1 unspecified atom stereocenters. The standard InChI is InChI=1S/C10H13F2N3O2S/c1-17-9-6(4-13-5-7(16)8(11)12)15-2-3-18-10(15)14-9/h2-3,7-8,13,16H,4-5H2,1H3. The summed E-state index contributed by atoms with van der Waals surface area (Å²) in [6, 6.07) is 0. The van der Waals surface area contributed by atoms with Gasteiger partial charge in [0.1, 0.15) is 11.8 Å². The molecule has 0 fully saturated rings. The quantitative estimate of drug-likeness (QED) is 0.830. The van der Waals surface area contributed by atoms with Gasteiger partial charge in [0.15, 0.2) is 4.96 Å². The second-order valence-corrected chi connectivity index (χ2v) is 4.53. The molecule has 8 heteroatoms. The molecule has 1 atom stereocenters. The summed E-state index contributed by atoms with van der Waals surface area (Å²) in [5, 5.41) is 13.6. The number of rotatable bonds is 6. The monoisotopic (exact) mass is 277 g/mol. The van der Waals surface area contributed by atoms with Gasteiger partial charge in [-0.05, 0) is 0 Å². The Morgan fingerprint density at radius 2 is 2.39 bits per heavy atom. The maximum Gasteiger partial charge on any atom is 0.265 e. The predicted octanol–water partition coefficient (Wildman–Crippen LogP) is 1.12. The van der Waals surface area contributed by atoms with Crippen LogP contribution < -0.4 is 10.1 Å². The smallest absolute Gasteiger partial charge is 0.265 e. The van der Waals surface area contributed by atoms with Gasteiger partial charge in [0.2, 0.25) is 5.88 Å². The molecule has 0 aliphatic carbocycles. The summed E-state index contributed by atoms with van der Waals surface area (Å²) < 4.78 is 31.2. The minimum absolute atomic E-state index is 0.182. The van der Waals surface area contributed by atoms with Gasteiger partial charge in [-0.15, -0.1) is 11.3 Å². The van der Waals surface area contributed by atoms with Crippen molar-refractivity contribution in [1.29, 1.82) is 0 Å². The van der Waals surface area contributed by atoms with Crippen LogP contribution in [0.5, 0.6) is 5.88 Å². The summed E-state index contributed by atoms with van der Waals surface area (Å²) >= 11 is 1.46. The molecule has 0 spiro atoms. The van der Waals surface area contributed by atoms with Crippen LogP contribution in [0.2, 0.25) is 0 Å². The maximum absolute atomic E-state index is 12.1. The molecule has 2 heterocycles. The minimum Gasteiger partial charge on any atom is -0.480 e. The van der Waals surface area contributed by atoms with E-state index in [0.717, 1.165) is 10.7 Å². The molecule has 2 rings (SSSR count). The molecule has 0 aliphatic rings. The summed E-state index contributed by atoms with van der Waals surface area (Å²) in [7, 11) is 1.50. The Hall–Kier alpha value is -1.25. The van der Waals surface area contributed by atoms with Gasteiger partial charge in [0.05, 0.1) is 7.11 Å². The van der Waals surface area contributed by atoms with Crippen LogP contribution in [0.3, 0.4) is 0 Å². The Morgan fingerprint density at radius 3 is 3.06 bits per heavy atom. The topological polar surface area (TPSA) is 58.8 Å². The Balaban J connectivity index is 2.04. The molecule has 0 aliphatic heterocycles. The third kappa shape index (κ3) is 2.60. The number of fused-ring (bicyclic) bond motifs is 1. The molecule has 2 aromatic rings. The lowest BCUT2D eigenvalue weighted by Gasteiger charge is -2.10. The van der Waals surface area contributed by atoms with Gasteiger partial charge in [0.25, 0.3) is 6.43 Å². The second kappa shape index (κ2) is 5.59. The predicted molar refractivity (Wildman–Crippen MR) is 63.3 cm³/mol. The highest BCUT2D eigenvalue weighted by Crippen LogP contribution is 2.22. The number of nitrogens with zero attached hydrogens (tertiary/aromatic N) is 2. The number of aliphatic hydroxyl groups is 1. The zero-order chi connectivity index (χ0) is 13.1. The van der Waals surface area contributed by atoms with Crippen molar-refractivity contribution >= 4 is 16.3 Å². The van der Waals surface area contributed by atoms with E-state index in [-0.39, 0.29) is 6.54 Å². The third-order valence-corrected chi connectivity index (χ3v) is 3.21. The van der Waals surface area contributed by atoms with Crippen molar-refractivity contribution in [1.82, 2.24) is 14.7 Å². The van der Waals surface area contributed by atoms with Crippen molar-refractivity contribution < 1.29 is 18.6 Å². The first-order chi connectivity index (χ1) is 8.63. The lowest BCUT2D eigenvalue weighted by Crippen LogP contribution is -2.32. The highest BCUT2D eigenvalue weighted by molar-refractivity contribution is 7.15. The normalized spacial score (nSPS) is 13.4. The highest BCUT2D eigenvalue weighted by Gasteiger charge is 2.17. The first kappa shape index (κ1) is 13.2. The molecular weight excluding hydrogens is 264 g/mol. The lowest BCUT2D eigenvalue weighted by atomic mass is 10.3. The summed E-state index contributed by atoms with van der Waals surface area (Å²) in [6.45, 7) is 0.114. The molecule has 0 bridgehead atoms. The summed E-state index contributed by atoms with van der Waals surface area (Å²) in [6.07, 6.45) is -2.58. The van der Waals surface area contributed by atoms with Crippen molar-refractivity contribution in [3.8, 4) is 5.88 Å². The number of imidazole rings is 1. The Labute approximate surface area is 106 Å². The van der Waals surface area contributed by atoms with Crippen molar-refractivity contribution in [3.05, 3.63) is 17.3 Å². The number of alkyl halides is 2. The average molecular weight is 277 g/mol. The summed E-state index contributed by atoms with van der Waals surface area (Å²) in [5.41, 5.74) is 0.746. The lowest BCUT2D eigenvalue weighted by molar-refractivity contribution is -0.00346. The SMILES string of the molecule is COc1nc2sccn2c1CNCC(O)C(F)F. The second-order valence-electron chi connectivity index (χ2n) is 3.66. The molecular formula is C10H13F2N3O2S. The number of thiazole rings is 1. The van der Waals surface area contributed by atoms with Crippen LogP contribution in [0.1, 0.15) is 5.69 Å². The van der Waals surface area contributed by atoms with Crippen LogP contribution in [0.15, 0.2) is 11.6 Å². The summed E-state index contributed by atoms with van der Waals surface area (Å²) in [5.74, 6) is 0.459. The van der Waals surface area contributed by atoms with E-state index in [1.807, 2.05) is 16.0 Å². The van der Waals surface area contributed by atoms with Gasteiger partial charge >= 0.3 is 0 Å². The molecule has 2 aromatic heterocycles. The molecule has 0 amide bonds. The Morgan fingerprint density at radius 1 is 1.61 bits per heavy atom. The first-order valence-corrected chi connectivity index (χ1v) is 6.16. The largest absolute Gasteiger partial charge is 0.480 e. The fourth-order valence-electron chi connectivity index (χ4n) is 1.56. The average Bonchev–Trinajstić information content (AvgIpc) is 2.90. The van der Waals surface area contributed by atoms with Crippen LogP contribution in [0, 0.1) is 0 Å². The van der Waals surface area contributed by atoms with Crippen LogP contribution in [-0.2, 0) is 6.54 Å². The van der Waals surface area contributed by atoms with E-state index in [0.29, 0.717) is 12.4 Å². The maximum atomic E-state index is 12.1. The Kier molecular flexibility index (Phi) is 4.10. The molecule has 0 saturated heterocycles. The molecule has 2 N–H and O–H groups in total. The number of halogens is 2. The van der Waals surface area contributed by atoms with E-state index < -0.39 is 12.5 Å². The van der Waals surface area contributed by atoms with Crippen molar-refractivity contribution in [2.45, 2.75) is 19.1 Å². The van der Waals surface area contributed by atoms with Crippen molar-refractivity contribution in [3.63, 3.8) is 0 Å². The first-order valence-electron chi connectivity index (χ1n) is 5.29. The number of hydrogen-bond acceptors (Lipinski definition) is 5. The molecule has 0 saturated carbocycles. The third-order valence-electron chi connectivity index (χ3n) is 2.45. The van der Waals surface area contributed by atoms with E-state index in [4.69, 9.17) is 9.84 Å². The minimum atomic E-state index is -2.74. The molecule has 100 valence electrons. The van der Waals surface area contributed by atoms with E-state index >= 15 is 0 Å². The van der Waals surface area contributed by atoms with Gasteiger partial charge in [-0.2, -0.15) is 4.98 Å². The van der Waals surface area contributed by atoms with Crippen LogP contribution >= 0.6 is 11.3 Å².